The van der Waals surface area contributed by atoms with Gasteiger partial charge in [0.1, 0.15) is 5.82 Å². The number of anilines is 1. The molecule has 1 fully saturated rings. The molecular formula is C16H15F2N3O. The van der Waals surface area contributed by atoms with Gasteiger partial charge in [0, 0.05) is 18.3 Å². The van der Waals surface area contributed by atoms with Crippen LogP contribution in [0.15, 0.2) is 36.5 Å². The Labute approximate surface area is 126 Å². The SMILES string of the molecule is O=C(Nc1ccc([C@H]2CCNC2)cc1)c1ncc(F)cc1F. The molecule has 3 rings (SSSR count). The summed E-state index contributed by atoms with van der Waals surface area (Å²) in [6, 6.07) is 8.07. The van der Waals surface area contributed by atoms with Crippen molar-refractivity contribution < 1.29 is 13.6 Å². The van der Waals surface area contributed by atoms with E-state index in [1.165, 1.54) is 5.56 Å². The van der Waals surface area contributed by atoms with Crippen LogP contribution in [0.5, 0.6) is 0 Å². The van der Waals surface area contributed by atoms with E-state index in [-0.39, 0.29) is 0 Å². The molecule has 114 valence electrons. The van der Waals surface area contributed by atoms with Crippen LogP contribution in [0.4, 0.5) is 14.5 Å². The van der Waals surface area contributed by atoms with Crippen LogP contribution in [-0.4, -0.2) is 24.0 Å². The first-order valence-electron chi connectivity index (χ1n) is 7.06. The van der Waals surface area contributed by atoms with Crippen molar-refractivity contribution in [3.8, 4) is 0 Å². The van der Waals surface area contributed by atoms with Gasteiger partial charge in [0.15, 0.2) is 11.5 Å². The van der Waals surface area contributed by atoms with E-state index >= 15 is 0 Å². The van der Waals surface area contributed by atoms with Crippen molar-refractivity contribution in [1.29, 1.82) is 0 Å². The van der Waals surface area contributed by atoms with Gasteiger partial charge in [-0.2, -0.15) is 0 Å². The third-order valence-electron chi connectivity index (χ3n) is 3.72. The number of pyridine rings is 1. The van der Waals surface area contributed by atoms with Gasteiger partial charge in [-0.1, -0.05) is 12.1 Å². The van der Waals surface area contributed by atoms with E-state index in [4.69, 9.17) is 0 Å². The summed E-state index contributed by atoms with van der Waals surface area (Å²) in [5, 5.41) is 5.86. The minimum Gasteiger partial charge on any atom is -0.321 e. The second-order valence-electron chi connectivity index (χ2n) is 5.25. The Kier molecular flexibility index (Phi) is 4.11. The number of hydrogen-bond donors (Lipinski definition) is 2. The molecule has 2 aromatic rings. The zero-order valence-corrected chi connectivity index (χ0v) is 11.8. The van der Waals surface area contributed by atoms with Crippen molar-refractivity contribution in [2.45, 2.75) is 12.3 Å². The summed E-state index contributed by atoms with van der Waals surface area (Å²) in [6.07, 6.45) is 1.91. The van der Waals surface area contributed by atoms with Gasteiger partial charge in [-0.05, 0) is 36.6 Å². The largest absolute Gasteiger partial charge is 0.321 e. The molecule has 0 radical (unpaired) electrons. The third kappa shape index (κ3) is 3.12. The van der Waals surface area contributed by atoms with E-state index in [9.17, 15) is 13.6 Å². The number of hydrogen-bond acceptors (Lipinski definition) is 3. The molecule has 2 N–H and O–H groups in total. The Morgan fingerprint density at radius 3 is 2.68 bits per heavy atom. The molecule has 1 saturated heterocycles. The van der Waals surface area contributed by atoms with Gasteiger partial charge in [0.25, 0.3) is 5.91 Å². The first kappa shape index (κ1) is 14.6. The van der Waals surface area contributed by atoms with Gasteiger partial charge < -0.3 is 10.6 Å². The van der Waals surface area contributed by atoms with Crippen LogP contribution in [0.2, 0.25) is 0 Å². The summed E-state index contributed by atoms with van der Waals surface area (Å²) in [4.78, 5) is 15.4. The summed E-state index contributed by atoms with van der Waals surface area (Å²) >= 11 is 0. The molecule has 4 nitrogen and oxygen atoms in total. The molecule has 0 bridgehead atoms. The van der Waals surface area contributed by atoms with Crippen molar-refractivity contribution in [3.63, 3.8) is 0 Å². The zero-order chi connectivity index (χ0) is 15.5. The van der Waals surface area contributed by atoms with Crippen molar-refractivity contribution in [2.24, 2.45) is 0 Å². The molecule has 1 aliphatic rings. The van der Waals surface area contributed by atoms with E-state index in [0.29, 0.717) is 17.7 Å². The standard InChI is InChI=1S/C16H15F2N3O/c17-12-7-14(18)15(20-9-12)16(22)21-13-3-1-10(2-4-13)11-5-6-19-8-11/h1-4,7,9,11,19H,5-6,8H2,(H,21,22)/t11-/m0/s1. The van der Waals surface area contributed by atoms with Gasteiger partial charge in [-0.3, -0.25) is 4.79 Å². The molecule has 0 aliphatic carbocycles. The van der Waals surface area contributed by atoms with Crippen LogP contribution in [-0.2, 0) is 0 Å². The first-order valence-corrected chi connectivity index (χ1v) is 7.06. The summed E-state index contributed by atoms with van der Waals surface area (Å²) in [5.74, 6) is -2.01. The lowest BCUT2D eigenvalue weighted by atomic mass is 9.98. The fraction of sp³-hybridized carbons (Fsp3) is 0.250. The van der Waals surface area contributed by atoms with Crippen molar-refractivity contribution in [3.05, 3.63) is 59.4 Å². The maximum absolute atomic E-state index is 13.5. The van der Waals surface area contributed by atoms with Crippen molar-refractivity contribution in [2.75, 3.05) is 18.4 Å². The van der Waals surface area contributed by atoms with Crippen LogP contribution in [0.25, 0.3) is 0 Å². The number of amides is 1. The second kappa shape index (κ2) is 6.19. The molecule has 1 aromatic carbocycles. The summed E-state index contributed by atoms with van der Waals surface area (Å²) in [7, 11) is 0. The van der Waals surface area contributed by atoms with Crippen LogP contribution >= 0.6 is 0 Å². The molecule has 1 amide bonds. The highest BCUT2D eigenvalue weighted by atomic mass is 19.1. The molecule has 22 heavy (non-hydrogen) atoms. The molecule has 2 heterocycles. The maximum Gasteiger partial charge on any atom is 0.277 e. The number of aromatic nitrogens is 1. The molecular weight excluding hydrogens is 288 g/mol. The maximum atomic E-state index is 13.5. The average Bonchev–Trinajstić information content (AvgIpc) is 3.02. The number of nitrogens with zero attached hydrogens (tertiary/aromatic N) is 1. The van der Waals surface area contributed by atoms with Gasteiger partial charge in [-0.15, -0.1) is 0 Å². The molecule has 1 aliphatic heterocycles. The predicted octanol–water partition coefficient (Wildman–Crippen LogP) is 2.69. The Hall–Kier alpha value is -2.34. The van der Waals surface area contributed by atoms with Crippen molar-refractivity contribution in [1.82, 2.24) is 10.3 Å². The highest BCUT2D eigenvalue weighted by Gasteiger charge is 2.17. The Balaban J connectivity index is 1.71. The number of benzene rings is 1. The lowest BCUT2D eigenvalue weighted by Crippen LogP contribution is -2.16. The smallest absolute Gasteiger partial charge is 0.277 e. The Bertz CT molecular complexity index is 682. The molecule has 1 aromatic heterocycles. The molecule has 1 atom stereocenters. The van der Waals surface area contributed by atoms with E-state index < -0.39 is 23.2 Å². The van der Waals surface area contributed by atoms with Gasteiger partial charge in [0.05, 0.1) is 6.20 Å². The lowest BCUT2D eigenvalue weighted by Gasteiger charge is -2.10. The number of rotatable bonds is 3. The number of carbonyl (C=O) groups is 1. The predicted molar refractivity (Wildman–Crippen MR) is 78.8 cm³/mol. The Morgan fingerprint density at radius 2 is 2.05 bits per heavy atom. The molecule has 6 heteroatoms. The van der Waals surface area contributed by atoms with Gasteiger partial charge in [-0.25, -0.2) is 13.8 Å². The molecule has 0 spiro atoms. The second-order valence-corrected chi connectivity index (χ2v) is 5.25. The van der Waals surface area contributed by atoms with E-state index in [2.05, 4.69) is 15.6 Å². The third-order valence-corrected chi connectivity index (χ3v) is 3.72. The average molecular weight is 303 g/mol. The summed E-state index contributed by atoms with van der Waals surface area (Å²) in [5.41, 5.74) is 1.32. The van der Waals surface area contributed by atoms with E-state index in [1.54, 1.807) is 12.1 Å². The highest BCUT2D eigenvalue weighted by molar-refractivity contribution is 6.03. The fourth-order valence-corrected chi connectivity index (χ4v) is 2.55. The van der Waals surface area contributed by atoms with Crippen LogP contribution < -0.4 is 10.6 Å². The van der Waals surface area contributed by atoms with Crippen LogP contribution in [0.3, 0.4) is 0 Å². The number of nitrogens with one attached hydrogen (secondary N) is 2. The number of carbonyl (C=O) groups excluding carboxylic acids is 1. The molecule has 0 unspecified atom stereocenters. The zero-order valence-electron chi connectivity index (χ0n) is 11.8. The normalized spacial score (nSPS) is 17.5. The summed E-state index contributed by atoms with van der Waals surface area (Å²) in [6.45, 7) is 1.97. The van der Waals surface area contributed by atoms with E-state index in [1.807, 2.05) is 12.1 Å². The van der Waals surface area contributed by atoms with Crippen LogP contribution in [0, 0.1) is 11.6 Å². The van der Waals surface area contributed by atoms with Gasteiger partial charge in [0.2, 0.25) is 0 Å². The quantitative estimate of drug-likeness (QED) is 0.916. The monoisotopic (exact) mass is 303 g/mol. The molecule has 0 saturated carbocycles. The van der Waals surface area contributed by atoms with Crippen molar-refractivity contribution >= 4 is 11.6 Å². The first-order chi connectivity index (χ1) is 10.6. The highest BCUT2D eigenvalue weighted by Crippen LogP contribution is 2.23. The van der Waals surface area contributed by atoms with Gasteiger partial charge >= 0.3 is 0 Å². The minimum atomic E-state index is -0.980. The number of halogens is 2. The minimum absolute atomic E-state index is 0.425. The van der Waals surface area contributed by atoms with E-state index in [0.717, 1.165) is 25.7 Å². The fourth-order valence-electron chi connectivity index (χ4n) is 2.55. The van der Waals surface area contributed by atoms with Crippen LogP contribution in [0.1, 0.15) is 28.4 Å². The Morgan fingerprint density at radius 1 is 1.27 bits per heavy atom. The topological polar surface area (TPSA) is 54.0 Å². The lowest BCUT2D eigenvalue weighted by molar-refractivity contribution is 0.101. The summed E-state index contributed by atoms with van der Waals surface area (Å²) < 4.78 is 26.3.